The van der Waals surface area contributed by atoms with Crippen LogP contribution in [0.3, 0.4) is 0 Å². The van der Waals surface area contributed by atoms with E-state index in [0.717, 1.165) is 6.07 Å². The summed E-state index contributed by atoms with van der Waals surface area (Å²) in [6.07, 6.45) is 0.484. The Hall–Kier alpha value is -2.39. The van der Waals surface area contributed by atoms with Crippen LogP contribution in [0.5, 0.6) is 0 Å². The van der Waals surface area contributed by atoms with Crippen LogP contribution in [0.15, 0.2) is 18.2 Å². The highest BCUT2D eigenvalue weighted by Crippen LogP contribution is 2.18. The van der Waals surface area contributed by atoms with Crippen LogP contribution in [0.2, 0.25) is 0 Å². The molecule has 0 amide bonds. The Morgan fingerprint density at radius 3 is 2.83 bits per heavy atom. The number of non-ortho nitro benzene ring substituents is 1. The van der Waals surface area contributed by atoms with Crippen LogP contribution in [-0.2, 0) is 4.74 Å². The molecule has 1 rings (SSSR count). The Kier molecular flexibility index (Phi) is 4.84. The summed E-state index contributed by atoms with van der Waals surface area (Å²) < 4.78 is 4.56. The fourth-order valence-electron chi connectivity index (χ4n) is 1.26. The molecule has 0 aliphatic heterocycles. The van der Waals surface area contributed by atoms with Gasteiger partial charge in [-0.1, -0.05) is 11.8 Å². The minimum Gasteiger partial charge on any atom is -0.465 e. The molecule has 0 radical (unpaired) electrons. The maximum absolute atomic E-state index is 11.5. The van der Waals surface area contributed by atoms with Crippen molar-refractivity contribution >= 4 is 11.7 Å². The highest BCUT2D eigenvalue weighted by Gasteiger charge is 2.16. The van der Waals surface area contributed by atoms with Gasteiger partial charge < -0.3 is 10.5 Å². The second-order valence-electron chi connectivity index (χ2n) is 3.32. The summed E-state index contributed by atoms with van der Waals surface area (Å²) in [5, 5.41) is 10.6. The average Bonchev–Trinajstić information content (AvgIpc) is 2.38. The molecule has 0 aliphatic rings. The lowest BCUT2D eigenvalue weighted by Crippen LogP contribution is -2.05. The van der Waals surface area contributed by atoms with Crippen molar-refractivity contribution in [1.82, 2.24) is 0 Å². The SMILES string of the molecule is COC(=O)c1cc([N+](=O)[O-])ccc1C#CCCN. The topological polar surface area (TPSA) is 95.5 Å². The van der Waals surface area contributed by atoms with E-state index in [1.807, 2.05) is 0 Å². The van der Waals surface area contributed by atoms with E-state index in [9.17, 15) is 14.9 Å². The van der Waals surface area contributed by atoms with Gasteiger partial charge in [-0.05, 0) is 6.07 Å². The van der Waals surface area contributed by atoms with Crippen LogP contribution < -0.4 is 5.73 Å². The largest absolute Gasteiger partial charge is 0.465 e. The molecular formula is C12H12N2O4. The van der Waals surface area contributed by atoms with Crippen molar-refractivity contribution < 1.29 is 14.5 Å². The van der Waals surface area contributed by atoms with E-state index in [0.29, 0.717) is 18.5 Å². The molecule has 6 heteroatoms. The lowest BCUT2D eigenvalue weighted by molar-refractivity contribution is -0.384. The molecule has 1 aromatic rings. The molecule has 6 nitrogen and oxygen atoms in total. The van der Waals surface area contributed by atoms with Gasteiger partial charge in [0.25, 0.3) is 5.69 Å². The fraction of sp³-hybridized carbons (Fsp3) is 0.250. The summed E-state index contributed by atoms with van der Waals surface area (Å²) in [6, 6.07) is 3.87. The molecule has 2 N–H and O–H groups in total. The number of esters is 1. The number of hydrogen-bond acceptors (Lipinski definition) is 5. The third-order valence-corrected chi connectivity index (χ3v) is 2.11. The summed E-state index contributed by atoms with van der Waals surface area (Å²) >= 11 is 0. The van der Waals surface area contributed by atoms with E-state index in [4.69, 9.17) is 5.73 Å². The Bertz CT molecular complexity index is 529. The van der Waals surface area contributed by atoms with E-state index in [-0.39, 0.29) is 11.3 Å². The zero-order valence-electron chi connectivity index (χ0n) is 9.80. The van der Waals surface area contributed by atoms with Crippen LogP contribution in [0.1, 0.15) is 22.3 Å². The van der Waals surface area contributed by atoms with Crippen molar-refractivity contribution in [3.63, 3.8) is 0 Å². The summed E-state index contributed by atoms with van der Waals surface area (Å²) in [5.74, 6) is 4.85. The molecular weight excluding hydrogens is 236 g/mol. The van der Waals surface area contributed by atoms with Crippen molar-refractivity contribution in [3.05, 3.63) is 39.4 Å². The summed E-state index contributed by atoms with van der Waals surface area (Å²) in [4.78, 5) is 21.6. The van der Waals surface area contributed by atoms with E-state index in [1.54, 1.807) is 0 Å². The normalized spacial score (nSPS) is 9.22. The molecule has 0 spiro atoms. The number of nitrogens with zero attached hydrogens (tertiary/aromatic N) is 1. The van der Waals surface area contributed by atoms with Gasteiger partial charge in [0, 0.05) is 30.7 Å². The molecule has 0 heterocycles. The number of nitro groups is 1. The smallest absolute Gasteiger partial charge is 0.339 e. The first-order valence-corrected chi connectivity index (χ1v) is 5.16. The predicted molar refractivity (Wildman–Crippen MR) is 65.0 cm³/mol. The minimum absolute atomic E-state index is 0.0798. The molecule has 0 saturated heterocycles. The van der Waals surface area contributed by atoms with E-state index in [2.05, 4.69) is 16.6 Å². The third kappa shape index (κ3) is 3.30. The van der Waals surface area contributed by atoms with E-state index < -0.39 is 10.9 Å². The van der Waals surface area contributed by atoms with Crippen LogP contribution in [0.4, 0.5) is 5.69 Å². The lowest BCUT2D eigenvalue weighted by Gasteiger charge is -2.02. The first-order valence-electron chi connectivity index (χ1n) is 5.16. The number of carbonyl (C=O) groups excluding carboxylic acids is 1. The zero-order chi connectivity index (χ0) is 13.5. The number of carbonyl (C=O) groups is 1. The second-order valence-corrected chi connectivity index (χ2v) is 3.32. The van der Waals surface area contributed by atoms with Crippen LogP contribution in [0.25, 0.3) is 0 Å². The number of rotatable bonds is 3. The molecule has 0 atom stereocenters. The number of methoxy groups -OCH3 is 1. The summed E-state index contributed by atoms with van der Waals surface area (Å²) in [5.41, 5.74) is 5.59. The first kappa shape index (κ1) is 13.7. The van der Waals surface area contributed by atoms with Gasteiger partial charge in [-0.15, -0.1) is 0 Å². The molecule has 0 aromatic heterocycles. The van der Waals surface area contributed by atoms with Crippen molar-refractivity contribution in [1.29, 1.82) is 0 Å². The molecule has 0 bridgehead atoms. The minimum atomic E-state index is -0.657. The fourth-order valence-corrected chi connectivity index (χ4v) is 1.26. The zero-order valence-corrected chi connectivity index (χ0v) is 9.80. The number of nitrogens with two attached hydrogens (primary N) is 1. The molecule has 0 fully saturated rings. The number of hydrogen-bond donors (Lipinski definition) is 1. The maximum atomic E-state index is 11.5. The van der Waals surface area contributed by atoms with Gasteiger partial charge in [-0.3, -0.25) is 10.1 Å². The lowest BCUT2D eigenvalue weighted by atomic mass is 10.1. The van der Waals surface area contributed by atoms with E-state index >= 15 is 0 Å². The molecule has 0 saturated carbocycles. The molecule has 18 heavy (non-hydrogen) atoms. The Labute approximate surface area is 104 Å². The number of ether oxygens (including phenoxy) is 1. The second kappa shape index (κ2) is 6.37. The van der Waals surface area contributed by atoms with E-state index in [1.165, 1.54) is 19.2 Å². The van der Waals surface area contributed by atoms with Gasteiger partial charge >= 0.3 is 5.97 Å². The van der Waals surface area contributed by atoms with Gasteiger partial charge in [0.05, 0.1) is 17.6 Å². The maximum Gasteiger partial charge on any atom is 0.339 e. The predicted octanol–water partition coefficient (Wildman–Crippen LogP) is 1.08. The van der Waals surface area contributed by atoms with Gasteiger partial charge in [0.1, 0.15) is 0 Å². The Morgan fingerprint density at radius 2 is 2.28 bits per heavy atom. The Balaban J connectivity index is 3.22. The summed E-state index contributed by atoms with van der Waals surface area (Å²) in [7, 11) is 1.21. The first-order chi connectivity index (χ1) is 8.60. The number of nitro benzene ring substituents is 1. The van der Waals surface area contributed by atoms with Crippen molar-refractivity contribution in [3.8, 4) is 11.8 Å². The molecule has 1 aromatic carbocycles. The summed E-state index contributed by atoms with van der Waals surface area (Å²) in [6.45, 7) is 0.410. The van der Waals surface area contributed by atoms with Crippen LogP contribution in [0, 0.1) is 22.0 Å². The van der Waals surface area contributed by atoms with Crippen LogP contribution >= 0.6 is 0 Å². The van der Waals surface area contributed by atoms with Gasteiger partial charge in [-0.2, -0.15) is 0 Å². The third-order valence-electron chi connectivity index (χ3n) is 2.11. The Morgan fingerprint density at radius 1 is 1.56 bits per heavy atom. The van der Waals surface area contributed by atoms with Gasteiger partial charge in [0.2, 0.25) is 0 Å². The highest BCUT2D eigenvalue weighted by molar-refractivity contribution is 5.93. The van der Waals surface area contributed by atoms with Crippen LogP contribution in [-0.4, -0.2) is 24.5 Å². The molecule has 0 aliphatic carbocycles. The molecule has 94 valence electrons. The standard InChI is InChI=1S/C12H12N2O4/c1-18-12(15)11-8-10(14(16)17)6-5-9(11)4-2-3-7-13/h5-6,8H,3,7,13H2,1H3. The quantitative estimate of drug-likeness (QED) is 0.374. The number of benzene rings is 1. The monoisotopic (exact) mass is 248 g/mol. The van der Waals surface area contributed by atoms with Gasteiger partial charge in [0.15, 0.2) is 0 Å². The van der Waals surface area contributed by atoms with Gasteiger partial charge in [-0.25, -0.2) is 4.79 Å². The van der Waals surface area contributed by atoms with Crippen molar-refractivity contribution in [2.45, 2.75) is 6.42 Å². The average molecular weight is 248 g/mol. The van der Waals surface area contributed by atoms with Crippen molar-refractivity contribution in [2.24, 2.45) is 5.73 Å². The molecule has 0 unspecified atom stereocenters. The highest BCUT2D eigenvalue weighted by atomic mass is 16.6. The van der Waals surface area contributed by atoms with Crippen molar-refractivity contribution in [2.75, 3.05) is 13.7 Å².